The van der Waals surface area contributed by atoms with E-state index in [1.807, 2.05) is 0 Å². The lowest BCUT2D eigenvalue weighted by Crippen LogP contribution is -2.38. The summed E-state index contributed by atoms with van der Waals surface area (Å²) in [6, 6.07) is -0.00345. The molecule has 1 heterocycles. The van der Waals surface area contributed by atoms with Crippen LogP contribution in [-0.2, 0) is 4.79 Å². The molecule has 2 amide bonds. The molecule has 1 saturated heterocycles. The van der Waals surface area contributed by atoms with Crippen molar-refractivity contribution in [3.63, 3.8) is 0 Å². The summed E-state index contributed by atoms with van der Waals surface area (Å²) < 4.78 is 0. The van der Waals surface area contributed by atoms with Crippen molar-refractivity contribution in [2.24, 2.45) is 5.92 Å². The second kappa shape index (κ2) is 7.14. The summed E-state index contributed by atoms with van der Waals surface area (Å²) in [5.41, 5.74) is 0. The molecule has 1 rings (SSSR count). The van der Waals surface area contributed by atoms with Crippen LogP contribution in [0.25, 0.3) is 0 Å². The van der Waals surface area contributed by atoms with Crippen molar-refractivity contribution in [3.05, 3.63) is 0 Å². The highest BCUT2D eigenvalue weighted by Crippen LogP contribution is 2.20. The van der Waals surface area contributed by atoms with E-state index in [4.69, 9.17) is 5.11 Å². The van der Waals surface area contributed by atoms with Crippen molar-refractivity contribution in [1.82, 2.24) is 10.2 Å². The molecule has 1 aliphatic rings. The molecule has 1 fully saturated rings. The molecule has 1 aliphatic heterocycles. The van der Waals surface area contributed by atoms with Gasteiger partial charge in [0.05, 0.1) is 0 Å². The minimum atomic E-state index is -0.754. The molecule has 5 nitrogen and oxygen atoms in total. The lowest BCUT2D eigenvalue weighted by Gasteiger charge is -2.17. The zero-order valence-electron chi connectivity index (χ0n) is 10.4. The molecule has 1 unspecified atom stereocenters. The van der Waals surface area contributed by atoms with Crippen molar-refractivity contribution in [3.8, 4) is 0 Å². The van der Waals surface area contributed by atoms with Gasteiger partial charge in [0, 0.05) is 26.1 Å². The number of carbonyl (C=O) groups excluding carboxylic acids is 1. The van der Waals surface area contributed by atoms with Crippen molar-refractivity contribution in [1.29, 1.82) is 0 Å². The van der Waals surface area contributed by atoms with E-state index in [0.717, 1.165) is 32.4 Å². The van der Waals surface area contributed by atoms with E-state index in [0.29, 0.717) is 18.9 Å². The number of unbranched alkanes of at least 4 members (excludes halogenated alkanes) is 1. The van der Waals surface area contributed by atoms with Gasteiger partial charge in [0.15, 0.2) is 0 Å². The lowest BCUT2D eigenvalue weighted by molar-refractivity contribution is -0.137. The summed E-state index contributed by atoms with van der Waals surface area (Å²) in [7, 11) is 0. The maximum Gasteiger partial charge on any atom is 0.317 e. The van der Waals surface area contributed by atoms with Gasteiger partial charge in [-0.25, -0.2) is 4.79 Å². The molecule has 0 aromatic heterocycles. The molecular weight excluding hydrogens is 220 g/mol. The van der Waals surface area contributed by atoms with Crippen molar-refractivity contribution in [2.45, 2.75) is 39.0 Å². The van der Waals surface area contributed by atoms with E-state index in [9.17, 15) is 9.59 Å². The third-order valence-electron chi connectivity index (χ3n) is 3.15. The van der Waals surface area contributed by atoms with Gasteiger partial charge in [-0.2, -0.15) is 0 Å². The first-order valence-corrected chi connectivity index (χ1v) is 6.38. The number of carboxylic acids is 1. The van der Waals surface area contributed by atoms with Crippen molar-refractivity contribution < 1.29 is 14.7 Å². The molecule has 5 heteroatoms. The third kappa shape index (κ3) is 5.06. The largest absolute Gasteiger partial charge is 0.481 e. The van der Waals surface area contributed by atoms with Gasteiger partial charge >= 0.3 is 12.0 Å². The van der Waals surface area contributed by atoms with Gasteiger partial charge in [-0.1, -0.05) is 13.3 Å². The summed E-state index contributed by atoms with van der Waals surface area (Å²) in [5, 5.41) is 11.5. The number of aliphatic carboxylic acids is 1. The average Bonchev–Trinajstić information content (AvgIpc) is 2.75. The van der Waals surface area contributed by atoms with Crippen LogP contribution in [0.1, 0.15) is 39.0 Å². The topological polar surface area (TPSA) is 69.6 Å². The third-order valence-corrected chi connectivity index (χ3v) is 3.15. The van der Waals surface area contributed by atoms with Crippen LogP contribution in [0.2, 0.25) is 0 Å². The Kier molecular flexibility index (Phi) is 5.80. The lowest BCUT2D eigenvalue weighted by atomic mass is 10.0. The fourth-order valence-electron chi connectivity index (χ4n) is 2.06. The molecule has 0 aliphatic carbocycles. The van der Waals surface area contributed by atoms with Crippen LogP contribution in [0.3, 0.4) is 0 Å². The van der Waals surface area contributed by atoms with E-state index in [2.05, 4.69) is 12.2 Å². The van der Waals surface area contributed by atoms with Crippen LogP contribution in [0.5, 0.6) is 0 Å². The maximum absolute atomic E-state index is 11.7. The Labute approximate surface area is 102 Å². The number of amides is 2. The SMILES string of the molecule is CCCCNC(=O)N1CCC(CCC(=O)O)C1. The number of urea groups is 1. The van der Waals surface area contributed by atoms with Crippen LogP contribution in [-0.4, -0.2) is 41.6 Å². The Balaban J connectivity index is 2.20. The molecule has 0 spiro atoms. The number of hydrogen-bond acceptors (Lipinski definition) is 2. The van der Waals surface area contributed by atoms with Gasteiger partial charge in [-0.15, -0.1) is 0 Å². The maximum atomic E-state index is 11.7. The van der Waals surface area contributed by atoms with Gasteiger partial charge in [-0.3, -0.25) is 4.79 Å². The minimum absolute atomic E-state index is 0.00345. The van der Waals surface area contributed by atoms with Gasteiger partial charge in [0.25, 0.3) is 0 Å². The Bertz CT molecular complexity index is 268. The van der Waals surface area contributed by atoms with E-state index in [1.54, 1.807) is 4.90 Å². The molecule has 0 aromatic carbocycles. The predicted octanol–water partition coefficient (Wildman–Crippen LogP) is 1.68. The molecule has 2 N–H and O–H groups in total. The van der Waals surface area contributed by atoms with Crippen LogP contribution < -0.4 is 5.32 Å². The Morgan fingerprint density at radius 1 is 1.47 bits per heavy atom. The number of nitrogens with one attached hydrogen (secondary N) is 1. The summed E-state index contributed by atoms with van der Waals surface area (Å²) in [5.74, 6) is -0.404. The average molecular weight is 242 g/mol. The Hall–Kier alpha value is -1.26. The number of likely N-dealkylation sites (tertiary alicyclic amines) is 1. The van der Waals surface area contributed by atoms with Gasteiger partial charge in [-0.05, 0) is 25.2 Å². The molecular formula is C12H22N2O3. The molecule has 98 valence electrons. The molecule has 0 radical (unpaired) electrons. The smallest absolute Gasteiger partial charge is 0.317 e. The summed E-state index contributed by atoms with van der Waals surface area (Å²) in [4.78, 5) is 23.9. The molecule has 0 bridgehead atoms. The number of hydrogen-bond donors (Lipinski definition) is 2. The van der Waals surface area contributed by atoms with E-state index >= 15 is 0 Å². The Morgan fingerprint density at radius 2 is 2.24 bits per heavy atom. The van der Waals surface area contributed by atoms with Gasteiger partial charge in [0.1, 0.15) is 0 Å². The number of nitrogens with zero attached hydrogens (tertiary/aromatic N) is 1. The predicted molar refractivity (Wildman–Crippen MR) is 64.9 cm³/mol. The molecule has 1 atom stereocenters. The van der Waals surface area contributed by atoms with Gasteiger partial charge < -0.3 is 15.3 Å². The van der Waals surface area contributed by atoms with Crippen LogP contribution in [0.4, 0.5) is 4.79 Å². The number of rotatable bonds is 6. The standard InChI is InChI=1S/C12H22N2O3/c1-2-3-7-13-12(17)14-8-6-10(9-14)4-5-11(15)16/h10H,2-9H2,1H3,(H,13,17)(H,15,16). The van der Waals surface area contributed by atoms with Crippen LogP contribution in [0, 0.1) is 5.92 Å². The fourth-order valence-corrected chi connectivity index (χ4v) is 2.06. The summed E-state index contributed by atoms with van der Waals surface area (Å²) in [6.45, 7) is 4.27. The zero-order valence-corrected chi connectivity index (χ0v) is 10.4. The van der Waals surface area contributed by atoms with Crippen molar-refractivity contribution >= 4 is 12.0 Å². The first-order chi connectivity index (χ1) is 8.13. The highest BCUT2D eigenvalue weighted by molar-refractivity contribution is 5.74. The summed E-state index contributed by atoms with van der Waals surface area (Å²) >= 11 is 0. The second-order valence-corrected chi connectivity index (χ2v) is 4.62. The quantitative estimate of drug-likeness (QED) is 0.696. The monoisotopic (exact) mass is 242 g/mol. The number of carboxylic acid groups (broad SMARTS) is 1. The first kappa shape index (κ1) is 13.8. The molecule has 17 heavy (non-hydrogen) atoms. The first-order valence-electron chi connectivity index (χ1n) is 6.38. The highest BCUT2D eigenvalue weighted by atomic mass is 16.4. The normalized spacial score (nSPS) is 19.4. The highest BCUT2D eigenvalue weighted by Gasteiger charge is 2.26. The van der Waals surface area contributed by atoms with Crippen LogP contribution >= 0.6 is 0 Å². The fraction of sp³-hybridized carbons (Fsp3) is 0.833. The van der Waals surface area contributed by atoms with E-state index in [1.165, 1.54) is 0 Å². The van der Waals surface area contributed by atoms with Crippen molar-refractivity contribution in [2.75, 3.05) is 19.6 Å². The second-order valence-electron chi connectivity index (χ2n) is 4.62. The molecule has 0 aromatic rings. The number of carbonyl (C=O) groups is 2. The van der Waals surface area contributed by atoms with Gasteiger partial charge in [0.2, 0.25) is 0 Å². The Morgan fingerprint density at radius 3 is 2.88 bits per heavy atom. The summed E-state index contributed by atoms with van der Waals surface area (Å²) in [6.07, 6.45) is 3.88. The molecule has 0 saturated carbocycles. The van der Waals surface area contributed by atoms with E-state index in [-0.39, 0.29) is 12.5 Å². The minimum Gasteiger partial charge on any atom is -0.481 e. The van der Waals surface area contributed by atoms with E-state index < -0.39 is 5.97 Å². The zero-order chi connectivity index (χ0) is 12.7. The van der Waals surface area contributed by atoms with Crippen LogP contribution in [0.15, 0.2) is 0 Å².